The molecule has 114 valence electrons. The van der Waals surface area contributed by atoms with Crippen LogP contribution in [-0.4, -0.2) is 50.4 Å². The monoisotopic (exact) mass is 295 g/mol. The lowest BCUT2D eigenvalue weighted by atomic mass is 10.1. The van der Waals surface area contributed by atoms with Gasteiger partial charge >= 0.3 is 6.09 Å². The van der Waals surface area contributed by atoms with Crippen molar-refractivity contribution in [2.45, 2.75) is 39.2 Å². The van der Waals surface area contributed by atoms with Crippen molar-refractivity contribution in [2.24, 2.45) is 5.92 Å². The number of hydrogen-bond acceptors (Lipinski definition) is 5. The summed E-state index contributed by atoms with van der Waals surface area (Å²) in [7, 11) is -2.98. The van der Waals surface area contributed by atoms with Gasteiger partial charge in [-0.2, -0.15) is 0 Å². The lowest BCUT2D eigenvalue weighted by Crippen LogP contribution is -2.36. The van der Waals surface area contributed by atoms with Crippen molar-refractivity contribution < 1.29 is 23.1 Å². The van der Waals surface area contributed by atoms with E-state index in [0.717, 1.165) is 0 Å². The average molecular weight is 295 g/mol. The van der Waals surface area contributed by atoms with Crippen LogP contribution in [0.15, 0.2) is 0 Å². The lowest BCUT2D eigenvalue weighted by molar-refractivity contribution is 0.0511. The number of aliphatic hydroxyl groups is 1. The highest BCUT2D eigenvalue weighted by molar-refractivity contribution is 7.90. The smallest absolute Gasteiger partial charge is 0.407 e. The number of rotatable bonds is 7. The summed E-state index contributed by atoms with van der Waals surface area (Å²) < 4.78 is 27.0. The van der Waals surface area contributed by atoms with Crippen LogP contribution in [0.5, 0.6) is 0 Å². The van der Waals surface area contributed by atoms with Crippen molar-refractivity contribution in [3.05, 3.63) is 0 Å². The van der Waals surface area contributed by atoms with Crippen LogP contribution in [0.2, 0.25) is 0 Å². The molecule has 0 aromatic rings. The zero-order chi connectivity index (χ0) is 15.1. The van der Waals surface area contributed by atoms with Gasteiger partial charge in [0.2, 0.25) is 0 Å². The molecule has 1 atom stereocenters. The zero-order valence-electron chi connectivity index (χ0n) is 12.1. The molecule has 0 aromatic carbocycles. The molecular weight excluding hydrogens is 270 g/mol. The molecule has 0 aliphatic carbocycles. The Balaban J connectivity index is 3.97. The molecule has 0 aliphatic heterocycles. The van der Waals surface area contributed by atoms with Gasteiger partial charge in [0.15, 0.2) is 0 Å². The van der Waals surface area contributed by atoms with E-state index in [0.29, 0.717) is 12.8 Å². The van der Waals surface area contributed by atoms with Crippen molar-refractivity contribution in [2.75, 3.05) is 25.2 Å². The van der Waals surface area contributed by atoms with E-state index in [-0.39, 0.29) is 24.8 Å². The van der Waals surface area contributed by atoms with Crippen molar-refractivity contribution in [1.29, 1.82) is 0 Å². The van der Waals surface area contributed by atoms with E-state index in [1.807, 2.05) is 0 Å². The fraction of sp³-hybridized carbons (Fsp3) is 0.917. The number of alkyl carbamates (subject to hydrolysis) is 1. The van der Waals surface area contributed by atoms with Gasteiger partial charge in [0.1, 0.15) is 15.4 Å². The number of hydrogen-bond donors (Lipinski definition) is 2. The topological polar surface area (TPSA) is 92.7 Å². The highest BCUT2D eigenvalue weighted by Crippen LogP contribution is 2.08. The van der Waals surface area contributed by atoms with E-state index in [2.05, 4.69) is 5.32 Å². The van der Waals surface area contributed by atoms with E-state index in [9.17, 15) is 13.2 Å². The van der Waals surface area contributed by atoms with E-state index in [1.165, 1.54) is 6.26 Å². The molecule has 0 radical (unpaired) electrons. The van der Waals surface area contributed by atoms with E-state index >= 15 is 0 Å². The second kappa shape index (κ2) is 7.69. The fourth-order valence-corrected chi connectivity index (χ4v) is 2.12. The van der Waals surface area contributed by atoms with Gasteiger partial charge in [-0.25, -0.2) is 13.2 Å². The average Bonchev–Trinajstić information content (AvgIpc) is 2.18. The number of sulfone groups is 1. The van der Waals surface area contributed by atoms with Crippen LogP contribution in [0, 0.1) is 5.92 Å². The van der Waals surface area contributed by atoms with Crippen LogP contribution in [-0.2, 0) is 14.6 Å². The first-order valence-electron chi connectivity index (χ1n) is 6.29. The van der Waals surface area contributed by atoms with Gasteiger partial charge < -0.3 is 15.2 Å². The molecular formula is C12H25NO5S. The first-order chi connectivity index (χ1) is 8.53. The predicted molar refractivity (Wildman–Crippen MR) is 73.8 cm³/mol. The van der Waals surface area contributed by atoms with Gasteiger partial charge in [0.25, 0.3) is 0 Å². The number of carbonyl (C=O) groups excluding carboxylic acids is 1. The maximum absolute atomic E-state index is 11.4. The second-order valence-electron chi connectivity index (χ2n) is 5.70. The summed E-state index contributed by atoms with van der Waals surface area (Å²) in [6.07, 6.45) is 1.66. The maximum atomic E-state index is 11.4. The van der Waals surface area contributed by atoms with Gasteiger partial charge in [-0.3, -0.25) is 0 Å². The number of amides is 1. The van der Waals surface area contributed by atoms with E-state index < -0.39 is 21.5 Å². The molecule has 0 spiro atoms. The molecule has 0 heterocycles. The van der Waals surface area contributed by atoms with Gasteiger partial charge in [-0.05, 0) is 39.5 Å². The summed E-state index contributed by atoms with van der Waals surface area (Å²) in [5.41, 5.74) is -0.560. The highest BCUT2D eigenvalue weighted by Gasteiger charge is 2.17. The first kappa shape index (κ1) is 18.2. The third kappa shape index (κ3) is 12.0. The number of ether oxygens (including phenoxy) is 1. The molecule has 1 amide bonds. The summed E-state index contributed by atoms with van der Waals surface area (Å²) in [6.45, 7) is 5.47. The predicted octanol–water partition coefficient (Wildman–Crippen LogP) is 0.944. The van der Waals surface area contributed by atoms with Crippen LogP contribution in [0.4, 0.5) is 4.79 Å². The summed E-state index contributed by atoms with van der Waals surface area (Å²) >= 11 is 0. The van der Waals surface area contributed by atoms with Crippen LogP contribution in [0.25, 0.3) is 0 Å². The van der Waals surface area contributed by atoms with Gasteiger partial charge in [0, 0.05) is 25.2 Å². The largest absolute Gasteiger partial charge is 0.444 e. The van der Waals surface area contributed by atoms with Crippen LogP contribution >= 0.6 is 0 Å². The minimum absolute atomic E-state index is 0.0932. The number of nitrogens with one attached hydrogen (secondary N) is 1. The standard InChI is InChI=1S/C12H25NO5S/c1-12(2,3)18-11(15)13-8-10(9-14)6-5-7-19(4,16)17/h10,14H,5-9H2,1-4H3,(H,13,15). The summed E-state index contributed by atoms with van der Waals surface area (Å²) in [5, 5.41) is 11.7. The molecule has 6 nitrogen and oxygen atoms in total. The Morgan fingerprint density at radius 3 is 2.37 bits per heavy atom. The Morgan fingerprint density at radius 1 is 1.37 bits per heavy atom. The third-order valence-corrected chi connectivity index (χ3v) is 3.35. The van der Waals surface area contributed by atoms with Gasteiger partial charge in [0.05, 0.1) is 0 Å². The molecule has 7 heteroatoms. The van der Waals surface area contributed by atoms with Crippen LogP contribution < -0.4 is 5.32 Å². The molecule has 1 unspecified atom stereocenters. The molecule has 0 saturated heterocycles. The van der Waals surface area contributed by atoms with E-state index in [1.54, 1.807) is 20.8 Å². The number of aliphatic hydroxyl groups excluding tert-OH is 1. The molecule has 2 N–H and O–H groups in total. The Bertz CT molecular complexity index is 372. The SMILES string of the molecule is CC(C)(C)OC(=O)NCC(CO)CCCS(C)(=O)=O. The lowest BCUT2D eigenvalue weighted by Gasteiger charge is -2.21. The third-order valence-electron chi connectivity index (χ3n) is 2.32. The fourth-order valence-electron chi connectivity index (χ4n) is 1.43. The summed E-state index contributed by atoms with van der Waals surface area (Å²) in [6, 6.07) is 0. The number of carbonyl (C=O) groups is 1. The molecule has 0 rings (SSSR count). The van der Waals surface area contributed by atoms with Crippen molar-refractivity contribution >= 4 is 15.9 Å². The van der Waals surface area contributed by atoms with Crippen molar-refractivity contribution in [1.82, 2.24) is 5.32 Å². The zero-order valence-corrected chi connectivity index (χ0v) is 12.9. The molecule has 19 heavy (non-hydrogen) atoms. The minimum atomic E-state index is -2.98. The van der Waals surface area contributed by atoms with Crippen LogP contribution in [0.3, 0.4) is 0 Å². The quantitative estimate of drug-likeness (QED) is 0.729. The maximum Gasteiger partial charge on any atom is 0.407 e. The van der Waals surface area contributed by atoms with Crippen molar-refractivity contribution in [3.8, 4) is 0 Å². The van der Waals surface area contributed by atoms with Crippen molar-refractivity contribution in [3.63, 3.8) is 0 Å². The first-order valence-corrected chi connectivity index (χ1v) is 8.35. The molecule has 0 aromatic heterocycles. The molecule has 0 fully saturated rings. The minimum Gasteiger partial charge on any atom is -0.444 e. The Hall–Kier alpha value is -0.820. The molecule has 0 bridgehead atoms. The van der Waals surface area contributed by atoms with Gasteiger partial charge in [-0.15, -0.1) is 0 Å². The van der Waals surface area contributed by atoms with E-state index in [4.69, 9.17) is 9.84 Å². The van der Waals surface area contributed by atoms with Crippen LogP contribution in [0.1, 0.15) is 33.6 Å². The molecule has 0 aliphatic rings. The highest BCUT2D eigenvalue weighted by atomic mass is 32.2. The summed E-state index contributed by atoms with van der Waals surface area (Å²) in [5.74, 6) is -0.0649. The Labute approximate surface area is 115 Å². The second-order valence-corrected chi connectivity index (χ2v) is 7.96. The Morgan fingerprint density at radius 2 is 1.95 bits per heavy atom. The van der Waals surface area contributed by atoms with Gasteiger partial charge in [-0.1, -0.05) is 0 Å². The summed E-state index contributed by atoms with van der Waals surface area (Å²) in [4.78, 5) is 11.4. The Kier molecular flexibility index (Phi) is 7.36. The normalized spacial score (nSPS) is 13.9. The molecule has 0 saturated carbocycles.